The van der Waals surface area contributed by atoms with E-state index in [1.54, 1.807) is 0 Å². The molecular weight excluding hydrogens is 268 g/mol. The lowest BCUT2D eigenvalue weighted by molar-refractivity contribution is -0.394. The zero-order valence-corrected chi connectivity index (χ0v) is 10.5. The van der Waals surface area contributed by atoms with Gasteiger partial charge in [0.25, 0.3) is 11.4 Å². The highest BCUT2D eigenvalue weighted by Gasteiger charge is 2.24. The van der Waals surface area contributed by atoms with Gasteiger partial charge in [0.15, 0.2) is 0 Å². The zero-order chi connectivity index (χ0) is 14.7. The molecule has 8 nitrogen and oxygen atoms in total. The van der Waals surface area contributed by atoms with Crippen molar-refractivity contribution in [2.45, 2.75) is 31.8 Å². The zero-order valence-electron chi connectivity index (χ0n) is 10.5. The summed E-state index contributed by atoms with van der Waals surface area (Å²) < 4.78 is 5.18. The first-order valence-corrected chi connectivity index (χ1v) is 6.12. The van der Waals surface area contributed by atoms with Crippen molar-refractivity contribution in [3.05, 3.63) is 44.0 Å². The molecule has 0 heterocycles. The second kappa shape index (κ2) is 5.64. The van der Waals surface area contributed by atoms with E-state index >= 15 is 0 Å². The summed E-state index contributed by atoms with van der Waals surface area (Å²) in [7, 11) is 0. The van der Waals surface area contributed by atoms with Gasteiger partial charge in [0.1, 0.15) is 6.10 Å². The second-order valence-corrected chi connectivity index (χ2v) is 4.56. The molecule has 0 bridgehead atoms. The Morgan fingerprint density at radius 3 is 2.00 bits per heavy atom. The van der Waals surface area contributed by atoms with Crippen LogP contribution in [0.15, 0.2) is 18.2 Å². The van der Waals surface area contributed by atoms with Crippen molar-refractivity contribution < 1.29 is 19.4 Å². The lowest BCUT2D eigenvalue weighted by Gasteiger charge is -2.10. The summed E-state index contributed by atoms with van der Waals surface area (Å²) in [6.45, 7) is 0. The van der Waals surface area contributed by atoms with Crippen molar-refractivity contribution in [2.75, 3.05) is 0 Å². The Hall–Kier alpha value is -2.51. The van der Waals surface area contributed by atoms with Crippen LogP contribution in [0.25, 0.3) is 0 Å². The quantitative estimate of drug-likeness (QED) is 0.476. The van der Waals surface area contributed by atoms with Gasteiger partial charge in [0, 0.05) is 12.1 Å². The van der Waals surface area contributed by atoms with Gasteiger partial charge < -0.3 is 4.74 Å². The molecule has 8 heteroatoms. The number of carbonyl (C=O) groups excluding carboxylic acids is 1. The first-order chi connectivity index (χ1) is 9.47. The van der Waals surface area contributed by atoms with E-state index in [9.17, 15) is 25.0 Å². The van der Waals surface area contributed by atoms with E-state index in [4.69, 9.17) is 4.74 Å². The van der Waals surface area contributed by atoms with Crippen LogP contribution in [0.3, 0.4) is 0 Å². The Kier molecular flexibility index (Phi) is 3.92. The fraction of sp³-hybridized carbons (Fsp3) is 0.417. The van der Waals surface area contributed by atoms with Gasteiger partial charge in [0.05, 0.1) is 21.5 Å². The largest absolute Gasteiger partial charge is 0.459 e. The van der Waals surface area contributed by atoms with E-state index in [-0.39, 0.29) is 11.7 Å². The number of nitro benzene ring substituents is 2. The van der Waals surface area contributed by atoms with Crippen LogP contribution in [0.2, 0.25) is 0 Å². The number of carbonyl (C=O) groups is 1. The number of nitro groups is 2. The van der Waals surface area contributed by atoms with Gasteiger partial charge in [-0.2, -0.15) is 0 Å². The Morgan fingerprint density at radius 1 is 1.05 bits per heavy atom. The van der Waals surface area contributed by atoms with Crippen molar-refractivity contribution in [2.24, 2.45) is 0 Å². The number of rotatable bonds is 4. The lowest BCUT2D eigenvalue weighted by Crippen LogP contribution is -2.15. The van der Waals surface area contributed by atoms with E-state index < -0.39 is 27.2 Å². The highest BCUT2D eigenvalue weighted by molar-refractivity contribution is 5.91. The molecule has 0 saturated heterocycles. The smallest absolute Gasteiger partial charge is 0.338 e. The van der Waals surface area contributed by atoms with Crippen molar-refractivity contribution in [3.8, 4) is 0 Å². The van der Waals surface area contributed by atoms with Gasteiger partial charge in [-0.25, -0.2) is 4.79 Å². The predicted octanol–water partition coefficient (Wildman–Crippen LogP) is 2.60. The summed E-state index contributed by atoms with van der Waals surface area (Å²) in [5.74, 6) is -0.760. The summed E-state index contributed by atoms with van der Waals surface area (Å²) in [6, 6.07) is 2.79. The van der Waals surface area contributed by atoms with Crippen molar-refractivity contribution in [1.82, 2.24) is 0 Å². The third kappa shape index (κ3) is 3.08. The summed E-state index contributed by atoms with van der Waals surface area (Å²) in [5, 5.41) is 21.5. The minimum Gasteiger partial charge on any atom is -0.459 e. The van der Waals surface area contributed by atoms with E-state index in [1.165, 1.54) is 0 Å². The predicted molar refractivity (Wildman–Crippen MR) is 67.4 cm³/mol. The number of non-ortho nitro benzene ring substituents is 2. The molecule has 0 radical (unpaired) electrons. The molecule has 0 atom stereocenters. The lowest BCUT2D eigenvalue weighted by atomic mass is 10.1. The molecule has 106 valence electrons. The van der Waals surface area contributed by atoms with Gasteiger partial charge in [-0.1, -0.05) is 0 Å². The molecule has 0 N–H and O–H groups in total. The van der Waals surface area contributed by atoms with Crippen LogP contribution < -0.4 is 0 Å². The fourth-order valence-electron chi connectivity index (χ4n) is 2.15. The SMILES string of the molecule is O=C(OC1CCCC1)c1cc([N+](=O)[O-])cc([N+](=O)[O-])c1. The average molecular weight is 280 g/mol. The second-order valence-electron chi connectivity index (χ2n) is 4.56. The summed E-state index contributed by atoms with van der Waals surface area (Å²) in [4.78, 5) is 31.8. The number of hydrogen-bond acceptors (Lipinski definition) is 6. The van der Waals surface area contributed by atoms with Crippen molar-refractivity contribution in [3.63, 3.8) is 0 Å². The molecule has 0 spiro atoms. The third-order valence-corrected chi connectivity index (χ3v) is 3.14. The maximum atomic E-state index is 11.9. The molecule has 1 aliphatic carbocycles. The Labute approximate surface area is 113 Å². The number of nitrogens with zero attached hydrogens (tertiary/aromatic N) is 2. The number of benzene rings is 1. The number of ether oxygens (including phenoxy) is 1. The number of hydrogen-bond donors (Lipinski definition) is 0. The molecule has 1 aliphatic rings. The molecule has 2 rings (SSSR count). The summed E-state index contributed by atoms with van der Waals surface area (Å²) >= 11 is 0. The van der Waals surface area contributed by atoms with Crippen LogP contribution >= 0.6 is 0 Å². The summed E-state index contributed by atoms with van der Waals surface area (Å²) in [6.07, 6.45) is 3.23. The van der Waals surface area contributed by atoms with E-state index in [2.05, 4.69) is 0 Å². The van der Waals surface area contributed by atoms with Gasteiger partial charge in [-0.3, -0.25) is 20.2 Å². The third-order valence-electron chi connectivity index (χ3n) is 3.14. The summed E-state index contributed by atoms with van der Waals surface area (Å²) in [5.41, 5.74) is -1.17. The van der Waals surface area contributed by atoms with E-state index in [1.807, 2.05) is 0 Å². The average Bonchev–Trinajstić information content (AvgIpc) is 2.90. The van der Waals surface area contributed by atoms with Crippen LogP contribution in [0.1, 0.15) is 36.0 Å². The first kappa shape index (κ1) is 13.9. The van der Waals surface area contributed by atoms with E-state index in [0.29, 0.717) is 0 Å². The molecular formula is C12H12N2O6. The molecule has 0 amide bonds. The normalized spacial score (nSPS) is 15.0. The Morgan fingerprint density at radius 2 is 1.55 bits per heavy atom. The van der Waals surface area contributed by atoms with Crippen LogP contribution in [-0.2, 0) is 4.74 Å². The monoisotopic (exact) mass is 280 g/mol. The Bertz CT molecular complexity index is 533. The molecule has 1 fully saturated rings. The van der Waals surface area contributed by atoms with Crippen LogP contribution in [-0.4, -0.2) is 21.9 Å². The van der Waals surface area contributed by atoms with Crippen molar-refractivity contribution >= 4 is 17.3 Å². The fourth-order valence-corrected chi connectivity index (χ4v) is 2.15. The van der Waals surface area contributed by atoms with Crippen LogP contribution in [0.5, 0.6) is 0 Å². The maximum absolute atomic E-state index is 11.9. The van der Waals surface area contributed by atoms with Gasteiger partial charge in [-0.05, 0) is 25.7 Å². The molecule has 1 saturated carbocycles. The minimum atomic E-state index is -0.778. The van der Waals surface area contributed by atoms with E-state index in [0.717, 1.165) is 43.9 Å². The molecule has 1 aromatic rings. The Balaban J connectivity index is 2.26. The number of esters is 1. The van der Waals surface area contributed by atoms with Crippen LogP contribution in [0, 0.1) is 20.2 Å². The topological polar surface area (TPSA) is 113 Å². The van der Waals surface area contributed by atoms with Gasteiger partial charge in [-0.15, -0.1) is 0 Å². The minimum absolute atomic E-state index is 0.169. The molecule has 1 aromatic carbocycles. The first-order valence-electron chi connectivity index (χ1n) is 6.12. The van der Waals surface area contributed by atoms with Gasteiger partial charge >= 0.3 is 5.97 Å². The molecule has 0 unspecified atom stereocenters. The van der Waals surface area contributed by atoms with Crippen molar-refractivity contribution in [1.29, 1.82) is 0 Å². The molecule has 20 heavy (non-hydrogen) atoms. The highest BCUT2D eigenvalue weighted by atomic mass is 16.6. The molecule has 0 aromatic heterocycles. The van der Waals surface area contributed by atoms with Crippen LogP contribution in [0.4, 0.5) is 11.4 Å². The molecule has 0 aliphatic heterocycles. The maximum Gasteiger partial charge on any atom is 0.338 e. The van der Waals surface area contributed by atoms with Gasteiger partial charge in [0.2, 0.25) is 0 Å². The standard InChI is InChI=1S/C12H12N2O6/c15-12(20-11-3-1-2-4-11)8-5-9(13(16)17)7-10(6-8)14(18)19/h5-7,11H,1-4H2. The highest BCUT2D eigenvalue weighted by Crippen LogP contribution is 2.26.